The molecule has 0 bridgehead atoms. The standard InChI is InChI=1S/C17H21N5O2S/c23-16(11-25-17-19-20-21-22(17)12-9-10-12)18-14-7-3-4-8-15(14)24-13-5-1-2-6-13/h3-4,7-8,12-13H,1-2,5-6,9-11H2,(H,18,23). The maximum absolute atomic E-state index is 12.3. The van der Waals surface area contributed by atoms with Crippen LogP contribution < -0.4 is 10.1 Å². The highest BCUT2D eigenvalue weighted by Gasteiger charge is 2.28. The van der Waals surface area contributed by atoms with Gasteiger partial charge in [-0.25, -0.2) is 4.68 Å². The van der Waals surface area contributed by atoms with E-state index in [-0.39, 0.29) is 17.8 Å². The van der Waals surface area contributed by atoms with Crippen molar-refractivity contribution >= 4 is 23.4 Å². The van der Waals surface area contributed by atoms with Crippen LogP contribution in [0.15, 0.2) is 29.4 Å². The lowest BCUT2D eigenvalue weighted by atomic mass is 10.2. The number of carbonyl (C=O) groups excluding carboxylic acids is 1. The van der Waals surface area contributed by atoms with Crippen molar-refractivity contribution in [1.82, 2.24) is 20.2 Å². The molecule has 132 valence electrons. The highest BCUT2D eigenvalue weighted by molar-refractivity contribution is 7.99. The maximum Gasteiger partial charge on any atom is 0.234 e. The number of ether oxygens (including phenoxy) is 1. The van der Waals surface area contributed by atoms with Gasteiger partial charge < -0.3 is 10.1 Å². The number of carbonyl (C=O) groups is 1. The summed E-state index contributed by atoms with van der Waals surface area (Å²) in [5.41, 5.74) is 0.724. The van der Waals surface area contributed by atoms with Crippen LogP contribution in [0.3, 0.4) is 0 Å². The van der Waals surface area contributed by atoms with Crippen LogP contribution in [-0.2, 0) is 4.79 Å². The molecule has 2 saturated carbocycles. The molecule has 2 fully saturated rings. The van der Waals surface area contributed by atoms with Crippen LogP contribution >= 0.6 is 11.8 Å². The van der Waals surface area contributed by atoms with Crippen molar-refractivity contribution in [3.8, 4) is 5.75 Å². The third-order valence-corrected chi connectivity index (χ3v) is 5.38. The highest BCUT2D eigenvalue weighted by Crippen LogP contribution is 2.36. The van der Waals surface area contributed by atoms with Gasteiger partial charge in [-0.1, -0.05) is 23.9 Å². The number of nitrogens with zero attached hydrogens (tertiary/aromatic N) is 4. The first kappa shape index (κ1) is 16.4. The minimum atomic E-state index is -0.0854. The van der Waals surface area contributed by atoms with Gasteiger partial charge in [-0.3, -0.25) is 4.79 Å². The molecule has 1 N–H and O–H groups in total. The van der Waals surface area contributed by atoms with E-state index < -0.39 is 0 Å². The number of benzene rings is 1. The number of para-hydroxylation sites is 2. The molecule has 2 aliphatic rings. The van der Waals surface area contributed by atoms with Crippen molar-refractivity contribution in [2.75, 3.05) is 11.1 Å². The van der Waals surface area contributed by atoms with Crippen LogP contribution in [0.1, 0.15) is 44.6 Å². The number of aromatic nitrogens is 4. The first-order valence-corrected chi connectivity index (χ1v) is 9.74. The van der Waals surface area contributed by atoms with Crippen LogP contribution in [-0.4, -0.2) is 38.0 Å². The molecular formula is C17H21N5O2S. The Hall–Kier alpha value is -2.09. The Balaban J connectivity index is 1.35. The van der Waals surface area contributed by atoms with E-state index in [0.29, 0.717) is 11.2 Å². The van der Waals surface area contributed by atoms with Crippen LogP contribution in [0.2, 0.25) is 0 Å². The van der Waals surface area contributed by atoms with Crippen LogP contribution in [0.4, 0.5) is 5.69 Å². The Morgan fingerprint density at radius 1 is 1.24 bits per heavy atom. The Morgan fingerprint density at radius 3 is 2.84 bits per heavy atom. The van der Waals surface area contributed by atoms with E-state index in [1.54, 1.807) is 0 Å². The monoisotopic (exact) mass is 359 g/mol. The van der Waals surface area contributed by atoms with Gasteiger partial charge in [0.2, 0.25) is 11.1 Å². The van der Waals surface area contributed by atoms with Gasteiger partial charge in [0.05, 0.1) is 23.6 Å². The van der Waals surface area contributed by atoms with Crippen molar-refractivity contribution in [3.05, 3.63) is 24.3 Å². The van der Waals surface area contributed by atoms with Crippen molar-refractivity contribution in [2.24, 2.45) is 0 Å². The topological polar surface area (TPSA) is 81.9 Å². The molecule has 2 aromatic rings. The number of tetrazole rings is 1. The van der Waals surface area contributed by atoms with Gasteiger partial charge in [-0.15, -0.1) is 5.10 Å². The Morgan fingerprint density at radius 2 is 2.04 bits per heavy atom. The molecule has 1 aromatic heterocycles. The predicted molar refractivity (Wildman–Crippen MR) is 94.8 cm³/mol. The molecule has 0 atom stereocenters. The van der Waals surface area contributed by atoms with Gasteiger partial charge in [-0.2, -0.15) is 0 Å². The number of amides is 1. The number of nitrogens with one attached hydrogen (secondary N) is 1. The lowest BCUT2D eigenvalue weighted by Crippen LogP contribution is -2.17. The zero-order valence-corrected chi connectivity index (χ0v) is 14.7. The summed E-state index contributed by atoms with van der Waals surface area (Å²) in [5.74, 6) is 0.929. The molecule has 0 spiro atoms. The molecule has 0 aliphatic heterocycles. The third kappa shape index (κ3) is 4.12. The fourth-order valence-corrected chi connectivity index (χ4v) is 3.75. The molecule has 1 heterocycles. The SMILES string of the molecule is O=C(CSc1nnnn1C1CC1)Nc1ccccc1OC1CCCC1. The smallest absolute Gasteiger partial charge is 0.234 e. The fourth-order valence-electron chi connectivity index (χ4n) is 3.00. The summed E-state index contributed by atoms with van der Waals surface area (Å²) in [5, 5.41) is 15.4. The summed E-state index contributed by atoms with van der Waals surface area (Å²) in [6, 6.07) is 8.02. The van der Waals surface area contributed by atoms with E-state index in [0.717, 1.165) is 37.1 Å². The lowest BCUT2D eigenvalue weighted by molar-refractivity contribution is -0.113. The summed E-state index contributed by atoms with van der Waals surface area (Å²) < 4.78 is 7.87. The second kappa shape index (κ2) is 7.43. The zero-order chi connectivity index (χ0) is 17.1. The van der Waals surface area contributed by atoms with E-state index in [1.807, 2.05) is 28.9 Å². The third-order valence-electron chi connectivity index (χ3n) is 4.44. The van der Waals surface area contributed by atoms with Crippen LogP contribution in [0.25, 0.3) is 0 Å². The molecule has 1 amide bonds. The number of thioether (sulfide) groups is 1. The Kier molecular flexibility index (Phi) is 4.87. The van der Waals surface area contributed by atoms with E-state index in [1.165, 1.54) is 24.6 Å². The molecular weight excluding hydrogens is 338 g/mol. The molecule has 0 unspecified atom stereocenters. The first-order chi connectivity index (χ1) is 12.3. The molecule has 4 rings (SSSR count). The first-order valence-electron chi connectivity index (χ1n) is 8.76. The van der Waals surface area contributed by atoms with Crippen molar-refractivity contribution in [3.63, 3.8) is 0 Å². The molecule has 1 aromatic carbocycles. The normalized spacial score (nSPS) is 17.6. The number of hydrogen-bond acceptors (Lipinski definition) is 6. The van der Waals surface area contributed by atoms with Gasteiger partial charge in [0, 0.05) is 0 Å². The summed E-state index contributed by atoms with van der Waals surface area (Å²) in [6.45, 7) is 0. The van der Waals surface area contributed by atoms with Gasteiger partial charge in [0.25, 0.3) is 0 Å². The fraction of sp³-hybridized carbons (Fsp3) is 0.529. The predicted octanol–water partition coefficient (Wildman–Crippen LogP) is 3.06. The quantitative estimate of drug-likeness (QED) is 0.765. The zero-order valence-electron chi connectivity index (χ0n) is 13.9. The second-order valence-electron chi connectivity index (χ2n) is 6.49. The van der Waals surface area contributed by atoms with Crippen molar-refractivity contribution in [1.29, 1.82) is 0 Å². The summed E-state index contributed by atoms with van der Waals surface area (Å²) in [6.07, 6.45) is 7.07. The average Bonchev–Trinajstić information content (AvgIpc) is 3.13. The van der Waals surface area contributed by atoms with E-state index in [9.17, 15) is 4.79 Å². The second-order valence-corrected chi connectivity index (χ2v) is 7.44. The number of anilines is 1. The molecule has 0 radical (unpaired) electrons. The van der Waals surface area contributed by atoms with Gasteiger partial charge in [-0.05, 0) is 61.1 Å². The summed E-state index contributed by atoms with van der Waals surface area (Å²) >= 11 is 1.36. The molecule has 0 saturated heterocycles. The van der Waals surface area contributed by atoms with Crippen molar-refractivity contribution < 1.29 is 9.53 Å². The molecule has 8 heteroatoms. The van der Waals surface area contributed by atoms with Gasteiger partial charge in [0.1, 0.15) is 5.75 Å². The van der Waals surface area contributed by atoms with Crippen LogP contribution in [0.5, 0.6) is 5.75 Å². The molecule has 25 heavy (non-hydrogen) atoms. The van der Waals surface area contributed by atoms with Crippen LogP contribution in [0, 0.1) is 0 Å². The molecule has 2 aliphatic carbocycles. The number of hydrogen-bond donors (Lipinski definition) is 1. The summed E-state index contributed by atoms with van der Waals surface area (Å²) in [4.78, 5) is 12.3. The Labute approximate surface area is 150 Å². The van der Waals surface area contributed by atoms with E-state index in [4.69, 9.17) is 4.74 Å². The number of rotatable bonds is 7. The van der Waals surface area contributed by atoms with Gasteiger partial charge >= 0.3 is 0 Å². The Bertz CT molecular complexity index is 740. The van der Waals surface area contributed by atoms with E-state index in [2.05, 4.69) is 20.8 Å². The summed E-state index contributed by atoms with van der Waals surface area (Å²) in [7, 11) is 0. The van der Waals surface area contributed by atoms with Gasteiger partial charge in [0.15, 0.2) is 0 Å². The highest BCUT2D eigenvalue weighted by atomic mass is 32.2. The largest absolute Gasteiger partial charge is 0.488 e. The molecule has 7 nitrogen and oxygen atoms in total. The maximum atomic E-state index is 12.3. The lowest BCUT2D eigenvalue weighted by Gasteiger charge is -2.16. The van der Waals surface area contributed by atoms with Crippen molar-refractivity contribution in [2.45, 2.75) is 55.8 Å². The minimum Gasteiger partial charge on any atom is -0.488 e. The average molecular weight is 359 g/mol. The minimum absolute atomic E-state index is 0.0854. The van der Waals surface area contributed by atoms with E-state index >= 15 is 0 Å².